The molecule has 0 aromatic heterocycles. The Labute approximate surface area is 111 Å². The van der Waals surface area contributed by atoms with Crippen LogP contribution in [0.2, 0.25) is 0 Å². The van der Waals surface area contributed by atoms with Crippen molar-refractivity contribution in [3.05, 3.63) is 23.8 Å². The topological polar surface area (TPSA) is 38.3 Å². The molecule has 0 aliphatic heterocycles. The molecule has 0 aliphatic carbocycles. The van der Waals surface area contributed by atoms with Gasteiger partial charge in [-0.15, -0.1) is 0 Å². The van der Waals surface area contributed by atoms with Crippen molar-refractivity contribution in [1.29, 1.82) is 0 Å². The number of hydrogen-bond donors (Lipinski definition) is 1. The Kier molecular flexibility index (Phi) is 6.05. The zero-order valence-electron chi connectivity index (χ0n) is 10.3. The molecule has 1 rings (SSSR count). The summed E-state index contributed by atoms with van der Waals surface area (Å²) in [5, 5.41) is 3.83. The largest absolute Gasteiger partial charge is 0.496 e. The third-order valence-corrected chi connectivity index (χ3v) is 3.03. The number of halogens is 1. The van der Waals surface area contributed by atoms with Gasteiger partial charge >= 0.3 is 0 Å². The van der Waals surface area contributed by atoms with Crippen LogP contribution in [-0.4, -0.2) is 18.3 Å². The minimum Gasteiger partial charge on any atom is -0.496 e. The number of alkyl halides is 1. The number of rotatable bonds is 6. The number of unbranched alkanes of at least 4 members (excludes halogenated alkanes) is 1. The molecule has 4 heteroatoms. The maximum Gasteiger partial charge on any atom is 0.224 e. The maximum absolute atomic E-state index is 11.6. The Hall–Kier alpha value is -1.03. The number of ether oxygens (including phenoxy) is 1. The van der Waals surface area contributed by atoms with E-state index in [0.717, 1.165) is 35.2 Å². The predicted octanol–water partition coefficient (Wildman–Crippen LogP) is 3.51. The second-order valence-corrected chi connectivity index (χ2v) is 4.67. The lowest BCUT2D eigenvalue weighted by molar-refractivity contribution is -0.116. The molecule has 3 nitrogen and oxygen atoms in total. The molecule has 0 bridgehead atoms. The van der Waals surface area contributed by atoms with E-state index in [1.807, 2.05) is 25.1 Å². The summed E-state index contributed by atoms with van der Waals surface area (Å²) in [6.45, 7) is 1.96. The van der Waals surface area contributed by atoms with Gasteiger partial charge in [0, 0.05) is 17.4 Å². The average Bonchev–Trinajstić information content (AvgIpc) is 2.29. The minimum atomic E-state index is 0.0653. The summed E-state index contributed by atoms with van der Waals surface area (Å²) in [5.74, 6) is 0.901. The third kappa shape index (κ3) is 4.77. The predicted molar refractivity (Wildman–Crippen MR) is 74.0 cm³/mol. The Morgan fingerprint density at radius 2 is 2.18 bits per heavy atom. The van der Waals surface area contributed by atoms with Crippen LogP contribution in [0.1, 0.15) is 24.8 Å². The van der Waals surface area contributed by atoms with Gasteiger partial charge in [-0.1, -0.05) is 15.9 Å². The van der Waals surface area contributed by atoms with E-state index in [9.17, 15) is 4.79 Å². The molecular formula is C13H18BrNO2. The third-order valence-electron chi connectivity index (χ3n) is 2.47. The minimum absolute atomic E-state index is 0.0653. The molecule has 0 saturated carbocycles. The van der Waals surface area contributed by atoms with Gasteiger partial charge in [-0.05, 0) is 43.5 Å². The zero-order valence-corrected chi connectivity index (χ0v) is 11.8. The van der Waals surface area contributed by atoms with Gasteiger partial charge in [0.15, 0.2) is 0 Å². The van der Waals surface area contributed by atoms with Crippen molar-refractivity contribution in [3.63, 3.8) is 0 Å². The normalized spacial score (nSPS) is 10.1. The van der Waals surface area contributed by atoms with E-state index >= 15 is 0 Å². The molecule has 0 saturated heterocycles. The van der Waals surface area contributed by atoms with Gasteiger partial charge in [0.2, 0.25) is 5.91 Å². The fraction of sp³-hybridized carbons (Fsp3) is 0.462. The Morgan fingerprint density at radius 3 is 2.76 bits per heavy atom. The zero-order chi connectivity index (χ0) is 12.7. The summed E-state index contributed by atoms with van der Waals surface area (Å²) in [6, 6.07) is 5.64. The Balaban J connectivity index is 2.51. The maximum atomic E-state index is 11.6. The van der Waals surface area contributed by atoms with Crippen molar-refractivity contribution in [3.8, 4) is 5.75 Å². The summed E-state index contributed by atoms with van der Waals surface area (Å²) in [4.78, 5) is 11.6. The Bertz CT molecular complexity index is 380. The first-order chi connectivity index (χ1) is 8.17. The first-order valence-electron chi connectivity index (χ1n) is 5.68. The fourth-order valence-electron chi connectivity index (χ4n) is 1.56. The number of benzene rings is 1. The summed E-state index contributed by atoms with van der Waals surface area (Å²) < 4.78 is 5.17. The van der Waals surface area contributed by atoms with Gasteiger partial charge < -0.3 is 10.1 Å². The molecule has 17 heavy (non-hydrogen) atoms. The van der Waals surface area contributed by atoms with Crippen molar-refractivity contribution in [2.45, 2.75) is 26.2 Å². The molecule has 0 fully saturated rings. The molecule has 1 aromatic carbocycles. The molecule has 0 spiro atoms. The van der Waals surface area contributed by atoms with Gasteiger partial charge in [0.1, 0.15) is 5.75 Å². The van der Waals surface area contributed by atoms with Crippen molar-refractivity contribution < 1.29 is 9.53 Å². The van der Waals surface area contributed by atoms with Crippen LogP contribution in [0.25, 0.3) is 0 Å². The van der Waals surface area contributed by atoms with E-state index in [2.05, 4.69) is 21.2 Å². The van der Waals surface area contributed by atoms with Crippen LogP contribution in [-0.2, 0) is 4.79 Å². The molecule has 0 heterocycles. The smallest absolute Gasteiger partial charge is 0.224 e. The molecule has 1 aromatic rings. The highest BCUT2D eigenvalue weighted by Gasteiger charge is 2.04. The lowest BCUT2D eigenvalue weighted by Gasteiger charge is -2.08. The highest BCUT2D eigenvalue weighted by molar-refractivity contribution is 9.09. The molecule has 0 unspecified atom stereocenters. The fourth-order valence-corrected chi connectivity index (χ4v) is 1.96. The number of hydrogen-bond acceptors (Lipinski definition) is 2. The van der Waals surface area contributed by atoms with Gasteiger partial charge in [-0.2, -0.15) is 0 Å². The van der Waals surface area contributed by atoms with Crippen molar-refractivity contribution >= 4 is 27.5 Å². The quantitative estimate of drug-likeness (QED) is 0.645. The molecule has 1 N–H and O–H groups in total. The number of methoxy groups -OCH3 is 1. The number of amides is 1. The monoisotopic (exact) mass is 299 g/mol. The van der Waals surface area contributed by atoms with E-state index in [1.165, 1.54) is 0 Å². The van der Waals surface area contributed by atoms with Crippen LogP contribution >= 0.6 is 15.9 Å². The molecule has 0 aliphatic rings. The van der Waals surface area contributed by atoms with Gasteiger partial charge in [0.05, 0.1) is 7.11 Å². The first-order valence-corrected chi connectivity index (χ1v) is 6.80. The molecule has 0 atom stereocenters. The lowest BCUT2D eigenvalue weighted by Crippen LogP contribution is -2.11. The number of carbonyl (C=O) groups excluding carboxylic acids is 1. The van der Waals surface area contributed by atoms with Crippen molar-refractivity contribution in [1.82, 2.24) is 0 Å². The van der Waals surface area contributed by atoms with Crippen LogP contribution in [0.5, 0.6) is 5.75 Å². The second-order valence-electron chi connectivity index (χ2n) is 3.88. The van der Waals surface area contributed by atoms with Gasteiger partial charge in [0.25, 0.3) is 0 Å². The summed E-state index contributed by atoms with van der Waals surface area (Å²) in [7, 11) is 1.64. The molecule has 0 radical (unpaired) electrons. The summed E-state index contributed by atoms with van der Waals surface area (Å²) in [5.41, 5.74) is 1.85. The number of aryl methyl sites for hydroxylation is 1. The first kappa shape index (κ1) is 14.0. The van der Waals surface area contributed by atoms with Crippen molar-refractivity contribution in [2.24, 2.45) is 0 Å². The van der Waals surface area contributed by atoms with E-state index in [-0.39, 0.29) is 5.91 Å². The highest BCUT2D eigenvalue weighted by atomic mass is 79.9. The van der Waals surface area contributed by atoms with Gasteiger partial charge in [-0.25, -0.2) is 0 Å². The Morgan fingerprint density at radius 1 is 1.41 bits per heavy atom. The van der Waals surface area contributed by atoms with Crippen LogP contribution in [0.15, 0.2) is 18.2 Å². The summed E-state index contributed by atoms with van der Waals surface area (Å²) in [6.07, 6.45) is 2.50. The van der Waals surface area contributed by atoms with E-state index < -0.39 is 0 Å². The lowest BCUT2D eigenvalue weighted by atomic mass is 10.2. The molecule has 1 amide bonds. The van der Waals surface area contributed by atoms with E-state index in [0.29, 0.717) is 6.42 Å². The number of nitrogens with one attached hydrogen (secondary N) is 1. The van der Waals surface area contributed by atoms with E-state index in [1.54, 1.807) is 7.11 Å². The van der Waals surface area contributed by atoms with Gasteiger partial charge in [-0.3, -0.25) is 4.79 Å². The average molecular weight is 300 g/mol. The van der Waals surface area contributed by atoms with Crippen LogP contribution in [0.4, 0.5) is 5.69 Å². The van der Waals surface area contributed by atoms with Crippen LogP contribution in [0.3, 0.4) is 0 Å². The molecular weight excluding hydrogens is 282 g/mol. The van der Waals surface area contributed by atoms with Crippen LogP contribution < -0.4 is 10.1 Å². The number of anilines is 1. The molecule has 94 valence electrons. The second kappa shape index (κ2) is 7.33. The van der Waals surface area contributed by atoms with E-state index in [4.69, 9.17) is 4.74 Å². The SMILES string of the molecule is COc1ccc(NC(=O)CCCCBr)cc1C. The standard InChI is InChI=1S/C13H18BrNO2/c1-10-9-11(6-7-12(10)17-2)15-13(16)5-3-4-8-14/h6-7,9H,3-5,8H2,1-2H3,(H,15,16). The highest BCUT2D eigenvalue weighted by Crippen LogP contribution is 2.21. The number of carbonyl (C=O) groups is 1. The van der Waals surface area contributed by atoms with Crippen molar-refractivity contribution in [2.75, 3.05) is 17.8 Å². The summed E-state index contributed by atoms with van der Waals surface area (Å²) >= 11 is 3.35. The van der Waals surface area contributed by atoms with Crippen LogP contribution in [0, 0.1) is 6.92 Å².